The number of ether oxygens (including phenoxy) is 1. The van der Waals surface area contributed by atoms with Gasteiger partial charge in [0.15, 0.2) is 0 Å². The van der Waals surface area contributed by atoms with Gasteiger partial charge in [-0.25, -0.2) is 0 Å². The standard InChI is InChI=1S/C12H25NO/c1-6-8-11(13-7-2)9-10-12(3,4)14-5/h6,11,13H,1,7-10H2,2-5H3. The SMILES string of the molecule is C=CCC(CCC(C)(C)OC)NCC. The van der Waals surface area contributed by atoms with E-state index < -0.39 is 0 Å². The van der Waals surface area contributed by atoms with Crippen molar-refractivity contribution < 1.29 is 4.74 Å². The number of methoxy groups -OCH3 is 1. The molecule has 0 aliphatic rings. The third-order valence-corrected chi connectivity index (χ3v) is 2.59. The van der Waals surface area contributed by atoms with Crippen molar-refractivity contribution in [2.24, 2.45) is 0 Å². The third kappa shape index (κ3) is 6.17. The summed E-state index contributed by atoms with van der Waals surface area (Å²) in [5, 5.41) is 3.45. The first-order valence-electron chi connectivity index (χ1n) is 5.45. The van der Waals surface area contributed by atoms with Crippen molar-refractivity contribution in [2.45, 2.75) is 51.7 Å². The van der Waals surface area contributed by atoms with Gasteiger partial charge < -0.3 is 10.1 Å². The Morgan fingerprint density at radius 2 is 2.14 bits per heavy atom. The van der Waals surface area contributed by atoms with Crippen LogP contribution in [0.3, 0.4) is 0 Å². The minimum absolute atomic E-state index is 0.00512. The Bertz CT molecular complexity index is 154. The van der Waals surface area contributed by atoms with Gasteiger partial charge in [-0.1, -0.05) is 13.0 Å². The lowest BCUT2D eigenvalue weighted by atomic mass is 9.97. The van der Waals surface area contributed by atoms with Gasteiger partial charge in [0.05, 0.1) is 5.60 Å². The van der Waals surface area contributed by atoms with Crippen LogP contribution in [0.15, 0.2) is 12.7 Å². The highest BCUT2D eigenvalue weighted by molar-refractivity contribution is 4.80. The van der Waals surface area contributed by atoms with Crippen molar-refractivity contribution in [1.82, 2.24) is 5.32 Å². The Hall–Kier alpha value is -0.340. The first-order valence-corrected chi connectivity index (χ1v) is 5.45. The smallest absolute Gasteiger partial charge is 0.0623 e. The maximum Gasteiger partial charge on any atom is 0.0623 e. The molecule has 0 spiro atoms. The molecule has 0 fully saturated rings. The lowest BCUT2D eigenvalue weighted by Crippen LogP contribution is -2.32. The highest BCUT2D eigenvalue weighted by Crippen LogP contribution is 2.17. The van der Waals surface area contributed by atoms with E-state index in [9.17, 15) is 0 Å². The van der Waals surface area contributed by atoms with Gasteiger partial charge in [-0.15, -0.1) is 6.58 Å². The summed E-state index contributed by atoms with van der Waals surface area (Å²) in [6.07, 6.45) is 5.23. The summed E-state index contributed by atoms with van der Waals surface area (Å²) in [6, 6.07) is 0.548. The van der Waals surface area contributed by atoms with E-state index in [1.807, 2.05) is 6.08 Å². The Morgan fingerprint density at radius 1 is 1.50 bits per heavy atom. The van der Waals surface area contributed by atoms with Gasteiger partial charge in [-0.05, 0) is 39.7 Å². The van der Waals surface area contributed by atoms with Crippen LogP contribution in [0.5, 0.6) is 0 Å². The summed E-state index contributed by atoms with van der Waals surface area (Å²) >= 11 is 0. The maximum atomic E-state index is 5.39. The zero-order chi connectivity index (χ0) is 11.0. The lowest BCUT2D eigenvalue weighted by molar-refractivity contribution is 0.0118. The van der Waals surface area contributed by atoms with Gasteiger partial charge in [0.1, 0.15) is 0 Å². The largest absolute Gasteiger partial charge is 0.379 e. The van der Waals surface area contributed by atoms with Gasteiger partial charge in [0.25, 0.3) is 0 Å². The fraction of sp³-hybridized carbons (Fsp3) is 0.833. The number of nitrogens with one attached hydrogen (secondary N) is 1. The molecule has 84 valence electrons. The van der Waals surface area contributed by atoms with Crippen molar-refractivity contribution in [2.75, 3.05) is 13.7 Å². The highest BCUT2D eigenvalue weighted by Gasteiger charge is 2.18. The molecule has 0 heterocycles. The molecule has 1 N–H and O–H groups in total. The predicted molar refractivity (Wildman–Crippen MR) is 62.6 cm³/mol. The van der Waals surface area contributed by atoms with Crippen molar-refractivity contribution in [3.05, 3.63) is 12.7 Å². The molecule has 2 nitrogen and oxygen atoms in total. The number of hydrogen-bond donors (Lipinski definition) is 1. The normalized spacial score (nSPS) is 14.0. The number of rotatable bonds is 8. The Morgan fingerprint density at radius 3 is 2.57 bits per heavy atom. The summed E-state index contributed by atoms with van der Waals surface area (Å²) < 4.78 is 5.39. The van der Waals surface area contributed by atoms with E-state index in [4.69, 9.17) is 4.74 Å². The van der Waals surface area contributed by atoms with E-state index in [0.29, 0.717) is 6.04 Å². The summed E-state index contributed by atoms with van der Waals surface area (Å²) in [7, 11) is 1.77. The Kier molecular flexibility index (Phi) is 6.85. The maximum absolute atomic E-state index is 5.39. The second-order valence-electron chi connectivity index (χ2n) is 4.28. The summed E-state index contributed by atoms with van der Waals surface area (Å²) in [6.45, 7) is 11.2. The molecule has 0 aromatic carbocycles. The molecule has 1 atom stereocenters. The third-order valence-electron chi connectivity index (χ3n) is 2.59. The molecule has 1 unspecified atom stereocenters. The van der Waals surface area contributed by atoms with Crippen LogP contribution < -0.4 is 5.32 Å². The molecule has 0 amide bonds. The zero-order valence-corrected chi connectivity index (χ0v) is 10.1. The van der Waals surface area contributed by atoms with Crippen LogP contribution in [-0.4, -0.2) is 25.3 Å². The highest BCUT2D eigenvalue weighted by atomic mass is 16.5. The molecule has 2 heteroatoms. The Balaban J connectivity index is 3.85. The van der Waals surface area contributed by atoms with Crippen LogP contribution in [0, 0.1) is 0 Å². The van der Waals surface area contributed by atoms with Gasteiger partial charge in [0, 0.05) is 13.2 Å². The molecule has 0 aliphatic heterocycles. The second-order valence-corrected chi connectivity index (χ2v) is 4.28. The van der Waals surface area contributed by atoms with E-state index in [0.717, 1.165) is 25.8 Å². The Labute approximate surface area is 88.7 Å². The molecule has 0 saturated heterocycles. The first-order chi connectivity index (χ1) is 6.55. The van der Waals surface area contributed by atoms with E-state index in [1.54, 1.807) is 7.11 Å². The van der Waals surface area contributed by atoms with Gasteiger partial charge in [0.2, 0.25) is 0 Å². The molecular formula is C12H25NO. The lowest BCUT2D eigenvalue weighted by Gasteiger charge is -2.25. The predicted octanol–water partition coefficient (Wildman–Crippen LogP) is 2.75. The minimum atomic E-state index is -0.00512. The van der Waals surface area contributed by atoms with Crippen LogP contribution in [-0.2, 0) is 4.74 Å². The zero-order valence-electron chi connectivity index (χ0n) is 10.1. The van der Waals surface area contributed by atoms with Crippen molar-refractivity contribution in [3.63, 3.8) is 0 Å². The van der Waals surface area contributed by atoms with E-state index >= 15 is 0 Å². The van der Waals surface area contributed by atoms with Crippen molar-refractivity contribution >= 4 is 0 Å². The summed E-state index contributed by atoms with van der Waals surface area (Å²) in [5.41, 5.74) is -0.00512. The van der Waals surface area contributed by atoms with Gasteiger partial charge in [-0.2, -0.15) is 0 Å². The van der Waals surface area contributed by atoms with E-state index in [2.05, 4.69) is 32.7 Å². The minimum Gasteiger partial charge on any atom is -0.379 e. The van der Waals surface area contributed by atoms with E-state index in [1.165, 1.54) is 0 Å². The van der Waals surface area contributed by atoms with Crippen LogP contribution in [0.4, 0.5) is 0 Å². The molecule has 0 bridgehead atoms. The monoisotopic (exact) mass is 199 g/mol. The summed E-state index contributed by atoms with van der Waals surface area (Å²) in [4.78, 5) is 0. The van der Waals surface area contributed by atoms with Crippen molar-refractivity contribution in [3.8, 4) is 0 Å². The fourth-order valence-electron chi connectivity index (χ4n) is 1.42. The van der Waals surface area contributed by atoms with Crippen LogP contribution in [0.1, 0.15) is 40.0 Å². The molecule has 0 aliphatic carbocycles. The average molecular weight is 199 g/mol. The second kappa shape index (κ2) is 7.02. The van der Waals surface area contributed by atoms with Gasteiger partial charge in [-0.3, -0.25) is 0 Å². The number of hydrogen-bond acceptors (Lipinski definition) is 2. The molecule has 0 aromatic rings. The topological polar surface area (TPSA) is 21.3 Å². The molecule has 0 saturated carbocycles. The fourth-order valence-corrected chi connectivity index (χ4v) is 1.42. The molecule has 14 heavy (non-hydrogen) atoms. The molecule has 0 aromatic heterocycles. The summed E-state index contributed by atoms with van der Waals surface area (Å²) in [5.74, 6) is 0. The van der Waals surface area contributed by atoms with Crippen molar-refractivity contribution in [1.29, 1.82) is 0 Å². The molecule has 0 rings (SSSR count). The van der Waals surface area contributed by atoms with Crippen LogP contribution in [0.2, 0.25) is 0 Å². The van der Waals surface area contributed by atoms with Crippen LogP contribution in [0.25, 0.3) is 0 Å². The first kappa shape index (κ1) is 13.7. The molecule has 0 radical (unpaired) electrons. The quantitative estimate of drug-likeness (QED) is 0.607. The molecular weight excluding hydrogens is 174 g/mol. The van der Waals surface area contributed by atoms with Gasteiger partial charge >= 0.3 is 0 Å². The average Bonchev–Trinajstić information content (AvgIpc) is 2.15. The van der Waals surface area contributed by atoms with E-state index in [-0.39, 0.29) is 5.60 Å². The van der Waals surface area contributed by atoms with Crippen LogP contribution >= 0.6 is 0 Å².